The van der Waals surface area contributed by atoms with E-state index in [1.54, 1.807) is 24.3 Å². The number of fused-ring (bicyclic) bond motifs is 1. The van der Waals surface area contributed by atoms with Crippen LogP contribution in [0.1, 0.15) is 12.8 Å². The molecule has 23 heavy (non-hydrogen) atoms. The molecule has 2 unspecified atom stereocenters. The molecule has 0 aromatic heterocycles. The van der Waals surface area contributed by atoms with Gasteiger partial charge in [0, 0.05) is 17.2 Å². The van der Waals surface area contributed by atoms with Crippen LogP contribution in [0.3, 0.4) is 0 Å². The Hall–Kier alpha value is -1.89. The molecular weight excluding hydrogens is 329 g/mol. The number of halogens is 3. The Morgan fingerprint density at radius 1 is 1.22 bits per heavy atom. The Bertz CT molecular complexity index is 750. The van der Waals surface area contributed by atoms with Crippen molar-refractivity contribution in [3.8, 4) is 5.75 Å². The molecule has 3 rings (SSSR count). The van der Waals surface area contributed by atoms with E-state index in [0.717, 1.165) is 0 Å². The summed E-state index contributed by atoms with van der Waals surface area (Å²) in [6.07, 6.45) is -1.50. The first kappa shape index (κ1) is 16.0. The molecule has 0 bridgehead atoms. The smallest absolute Gasteiger partial charge is 0.437 e. The lowest BCUT2D eigenvalue weighted by Crippen LogP contribution is -2.27. The van der Waals surface area contributed by atoms with Crippen molar-refractivity contribution in [2.75, 3.05) is 7.11 Å². The summed E-state index contributed by atoms with van der Waals surface area (Å²) in [5, 5.41) is -2.13. The van der Waals surface area contributed by atoms with Crippen molar-refractivity contribution < 1.29 is 27.4 Å². The highest BCUT2D eigenvalue weighted by Gasteiger charge is 2.62. The summed E-state index contributed by atoms with van der Waals surface area (Å²) in [6, 6.07) is 9.46. The number of hydrogen-bond acceptors (Lipinski definition) is 3. The zero-order valence-corrected chi connectivity index (χ0v) is 13.0. The monoisotopic (exact) mass is 343 g/mol. The molecule has 1 heterocycles. The molecule has 0 amide bonds. The largest absolute Gasteiger partial charge is 0.513 e. The third-order valence-electron chi connectivity index (χ3n) is 3.68. The second-order valence-electron chi connectivity index (χ2n) is 5.09. The number of carbonyl (C=O) groups is 1. The van der Waals surface area contributed by atoms with E-state index in [1.165, 1.54) is 19.2 Å². The summed E-state index contributed by atoms with van der Waals surface area (Å²) < 4.78 is 51.8. The van der Waals surface area contributed by atoms with Gasteiger partial charge >= 0.3 is 11.4 Å². The Balaban J connectivity index is 2.13. The zero-order chi connectivity index (χ0) is 16.6. The summed E-state index contributed by atoms with van der Waals surface area (Å²) in [7, 11) is -0.641. The average Bonchev–Trinajstić information content (AvgIpc) is 2.81. The third-order valence-corrected chi connectivity index (χ3v) is 6.11. The first-order chi connectivity index (χ1) is 10.9. The van der Waals surface area contributed by atoms with Crippen molar-refractivity contribution in [3.05, 3.63) is 36.4 Å². The SMILES string of the molecule is COC(=O)Oc1ccc([S+]2C(F)CCC2(F)F)c2ccccc12. The Morgan fingerprint density at radius 2 is 1.91 bits per heavy atom. The molecule has 1 aliphatic heterocycles. The zero-order valence-electron chi connectivity index (χ0n) is 12.2. The van der Waals surface area contributed by atoms with E-state index in [9.17, 15) is 18.0 Å². The maximum absolute atomic E-state index is 14.1. The maximum Gasteiger partial charge on any atom is 0.513 e. The molecule has 2 atom stereocenters. The molecule has 0 spiro atoms. The lowest BCUT2D eigenvalue weighted by Gasteiger charge is -2.14. The van der Waals surface area contributed by atoms with Crippen LogP contribution in [0.4, 0.5) is 18.0 Å². The molecule has 122 valence electrons. The van der Waals surface area contributed by atoms with Crippen LogP contribution < -0.4 is 4.74 Å². The second kappa shape index (κ2) is 5.96. The van der Waals surface area contributed by atoms with Gasteiger partial charge in [-0.1, -0.05) is 18.2 Å². The minimum absolute atomic E-state index is 0.148. The van der Waals surface area contributed by atoms with Crippen LogP contribution in [0.15, 0.2) is 41.3 Å². The third kappa shape index (κ3) is 2.85. The van der Waals surface area contributed by atoms with Gasteiger partial charge in [0.2, 0.25) is 0 Å². The van der Waals surface area contributed by atoms with E-state index < -0.39 is 34.2 Å². The summed E-state index contributed by atoms with van der Waals surface area (Å²) in [4.78, 5) is 11.6. The Morgan fingerprint density at radius 3 is 2.52 bits per heavy atom. The van der Waals surface area contributed by atoms with E-state index in [0.29, 0.717) is 10.8 Å². The molecule has 0 radical (unpaired) electrons. The first-order valence-electron chi connectivity index (χ1n) is 6.96. The van der Waals surface area contributed by atoms with Gasteiger partial charge < -0.3 is 9.47 Å². The molecular formula is C16H14F3O3S+. The van der Waals surface area contributed by atoms with E-state index in [4.69, 9.17) is 4.74 Å². The van der Waals surface area contributed by atoms with E-state index in [2.05, 4.69) is 4.74 Å². The van der Waals surface area contributed by atoms with Gasteiger partial charge in [0.1, 0.15) is 16.6 Å². The van der Waals surface area contributed by atoms with Crippen LogP contribution in [0, 0.1) is 0 Å². The number of hydrogen-bond donors (Lipinski definition) is 0. The molecule has 7 heteroatoms. The van der Waals surface area contributed by atoms with Gasteiger partial charge in [-0.15, -0.1) is 0 Å². The maximum atomic E-state index is 14.1. The Labute approximate surface area is 133 Å². The van der Waals surface area contributed by atoms with Crippen molar-refractivity contribution in [3.63, 3.8) is 0 Å². The summed E-state index contributed by atoms with van der Waals surface area (Å²) in [5.74, 6) is 0.192. The lowest BCUT2D eigenvalue weighted by atomic mass is 10.1. The highest BCUT2D eigenvalue weighted by atomic mass is 32.2. The fourth-order valence-electron chi connectivity index (χ4n) is 2.65. The standard InChI is InChI=1S/C16H14F3O3S/c1-21-15(20)22-12-6-7-13(11-5-3-2-4-10(11)12)23-14(17)8-9-16(23,18)19/h2-7,14H,8-9H2,1H3/q+1. The van der Waals surface area contributed by atoms with Crippen LogP contribution in [-0.4, -0.2) is 24.0 Å². The van der Waals surface area contributed by atoms with Crippen molar-refractivity contribution >= 4 is 27.8 Å². The quantitative estimate of drug-likeness (QED) is 0.452. The van der Waals surface area contributed by atoms with Crippen LogP contribution in [0.25, 0.3) is 10.8 Å². The van der Waals surface area contributed by atoms with E-state index in [-0.39, 0.29) is 17.1 Å². The summed E-state index contributed by atoms with van der Waals surface area (Å²) >= 11 is 0. The predicted molar refractivity (Wildman–Crippen MR) is 81.7 cm³/mol. The molecule has 1 saturated heterocycles. The van der Waals surface area contributed by atoms with Crippen LogP contribution >= 0.6 is 0 Å². The molecule has 0 N–H and O–H groups in total. The highest BCUT2D eigenvalue weighted by Crippen LogP contribution is 2.48. The molecule has 1 aliphatic rings. The first-order valence-corrected chi connectivity index (χ1v) is 8.25. The van der Waals surface area contributed by atoms with Gasteiger partial charge in [-0.3, -0.25) is 0 Å². The predicted octanol–water partition coefficient (Wildman–Crippen LogP) is 4.64. The molecule has 0 saturated carbocycles. The van der Waals surface area contributed by atoms with Crippen LogP contribution in [-0.2, 0) is 15.6 Å². The minimum atomic E-state index is -3.06. The topological polar surface area (TPSA) is 35.5 Å². The van der Waals surface area contributed by atoms with Gasteiger partial charge in [-0.05, 0) is 18.2 Å². The Kier molecular flexibility index (Phi) is 4.14. The lowest BCUT2D eigenvalue weighted by molar-refractivity contribution is 0.0990. The number of alkyl halides is 3. The van der Waals surface area contributed by atoms with Crippen LogP contribution in [0.5, 0.6) is 5.75 Å². The molecule has 2 aromatic rings. The van der Waals surface area contributed by atoms with Gasteiger partial charge in [0.05, 0.1) is 13.5 Å². The normalized spacial score (nSPS) is 23.0. The minimum Gasteiger partial charge on any atom is -0.437 e. The van der Waals surface area contributed by atoms with Gasteiger partial charge in [0.25, 0.3) is 5.50 Å². The van der Waals surface area contributed by atoms with E-state index >= 15 is 0 Å². The number of carbonyl (C=O) groups excluding carboxylic acids is 1. The molecule has 3 nitrogen and oxygen atoms in total. The van der Waals surface area contributed by atoms with Gasteiger partial charge in [-0.2, -0.15) is 13.2 Å². The van der Waals surface area contributed by atoms with Gasteiger partial charge in [0.15, 0.2) is 4.90 Å². The van der Waals surface area contributed by atoms with E-state index in [1.807, 2.05) is 0 Å². The number of rotatable bonds is 2. The summed E-state index contributed by atoms with van der Waals surface area (Å²) in [6.45, 7) is 0. The summed E-state index contributed by atoms with van der Waals surface area (Å²) in [5.41, 5.74) is -1.57. The fourth-order valence-corrected chi connectivity index (χ4v) is 4.94. The number of methoxy groups -OCH3 is 1. The van der Waals surface area contributed by atoms with Crippen molar-refractivity contribution in [2.24, 2.45) is 0 Å². The average molecular weight is 343 g/mol. The van der Waals surface area contributed by atoms with Crippen molar-refractivity contribution in [2.45, 2.75) is 28.5 Å². The molecule has 1 fully saturated rings. The second-order valence-corrected chi connectivity index (χ2v) is 7.31. The molecule has 0 aliphatic carbocycles. The van der Waals surface area contributed by atoms with Crippen molar-refractivity contribution in [1.82, 2.24) is 0 Å². The van der Waals surface area contributed by atoms with Crippen LogP contribution in [0.2, 0.25) is 0 Å². The highest BCUT2D eigenvalue weighted by molar-refractivity contribution is 7.98. The molecule has 2 aromatic carbocycles. The number of benzene rings is 2. The fraction of sp³-hybridized carbons (Fsp3) is 0.312. The van der Waals surface area contributed by atoms with Gasteiger partial charge in [-0.25, -0.2) is 4.79 Å². The number of ether oxygens (including phenoxy) is 2. The van der Waals surface area contributed by atoms with Crippen molar-refractivity contribution in [1.29, 1.82) is 0 Å².